The fourth-order valence-electron chi connectivity index (χ4n) is 4.61. The van der Waals surface area contributed by atoms with Gasteiger partial charge in [0.1, 0.15) is 11.4 Å². The lowest BCUT2D eigenvalue weighted by Gasteiger charge is -2.36. The van der Waals surface area contributed by atoms with Gasteiger partial charge in [-0.2, -0.15) is 13.2 Å². The van der Waals surface area contributed by atoms with E-state index in [1.807, 2.05) is 78.4 Å². The lowest BCUT2D eigenvalue weighted by atomic mass is 10.1. The van der Waals surface area contributed by atoms with Crippen LogP contribution in [0.4, 0.5) is 30.4 Å². The Morgan fingerprint density at radius 2 is 1.59 bits per heavy atom. The minimum absolute atomic E-state index is 0.215. The fraction of sp³-hybridized carbons (Fsp3) is 0.233. The fourth-order valence-corrected chi connectivity index (χ4v) is 4.61. The standard InChI is InChI=1S/C30H28F3N5O/c1-21-11-13-24(14-12-21)36(2)28-26(20-34-27(35-28)22-7-4-3-5-8-22)29(39)38-17-15-37(16-18-38)25-10-6-9-23(19-25)30(31,32)33/h3-14,19-20H,15-18H2,1-2H3. The number of rotatable bonds is 5. The number of carbonyl (C=O) groups is 1. The summed E-state index contributed by atoms with van der Waals surface area (Å²) in [7, 11) is 1.87. The van der Waals surface area contributed by atoms with Crippen LogP contribution in [-0.2, 0) is 6.18 Å². The first-order valence-corrected chi connectivity index (χ1v) is 12.6. The predicted octanol–water partition coefficient (Wildman–Crippen LogP) is 6.20. The maximum absolute atomic E-state index is 13.7. The van der Waals surface area contributed by atoms with Crippen molar-refractivity contribution in [3.63, 3.8) is 0 Å². The molecule has 0 saturated carbocycles. The minimum Gasteiger partial charge on any atom is -0.368 e. The van der Waals surface area contributed by atoms with E-state index in [1.165, 1.54) is 6.07 Å². The van der Waals surface area contributed by atoms with Gasteiger partial charge in [0.05, 0.1) is 5.56 Å². The second-order valence-electron chi connectivity index (χ2n) is 9.52. The second-order valence-corrected chi connectivity index (χ2v) is 9.52. The van der Waals surface area contributed by atoms with E-state index >= 15 is 0 Å². The zero-order chi connectivity index (χ0) is 27.6. The summed E-state index contributed by atoms with van der Waals surface area (Å²) in [6.45, 7) is 3.57. The van der Waals surface area contributed by atoms with Crippen LogP contribution in [0.3, 0.4) is 0 Å². The van der Waals surface area contributed by atoms with Crippen molar-refractivity contribution in [2.45, 2.75) is 13.1 Å². The van der Waals surface area contributed by atoms with E-state index in [1.54, 1.807) is 17.2 Å². The number of anilines is 3. The maximum atomic E-state index is 13.7. The first-order chi connectivity index (χ1) is 18.7. The zero-order valence-corrected chi connectivity index (χ0v) is 21.7. The number of carbonyl (C=O) groups excluding carboxylic acids is 1. The summed E-state index contributed by atoms with van der Waals surface area (Å²) < 4.78 is 39.6. The molecule has 39 heavy (non-hydrogen) atoms. The van der Waals surface area contributed by atoms with Crippen LogP contribution >= 0.6 is 0 Å². The average Bonchev–Trinajstić information content (AvgIpc) is 2.97. The summed E-state index contributed by atoms with van der Waals surface area (Å²) in [4.78, 5) is 28.5. The molecule has 9 heteroatoms. The number of aromatic nitrogens is 2. The summed E-state index contributed by atoms with van der Waals surface area (Å²) in [5, 5.41) is 0. The van der Waals surface area contributed by atoms with Gasteiger partial charge in [-0.25, -0.2) is 9.97 Å². The van der Waals surface area contributed by atoms with Crippen LogP contribution in [0.1, 0.15) is 21.5 Å². The van der Waals surface area contributed by atoms with Gasteiger partial charge in [-0.05, 0) is 37.3 Å². The summed E-state index contributed by atoms with van der Waals surface area (Å²) >= 11 is 0. The van der Waals surface area contributed by atoms with Gasteiger partial charge in [0.15, 0.2) is 5.82 Å². The molecule has 6 nitrogen and oxygen atoms in total. The molecule has 1 aromatic heterocycles. The van der Waals surface area contributed by atoms with E-state index in [9.17, 15) is 18.0 Å². The Morgan fingerprint density at radius 1 is 0.897 bits per heavy atom. The van der Waals surface area contributed by atoms with Gasteiger partial charge in [0.2, 0.25) is 0 Å². The van der Waals surface area contributed by atoms with Gasteiger partial charge in [-0.15, -0.1) is 0 Å². The minimum atomic E-state index is -4.40. The normalized spacial score (nSPS) is 13.9. The Morgan fingerprint density at radius 3 is 2.26 bits per heavy atom. The smallest absolute Gasteiger partial charge is 0.368 e. The number of aryl methyl sites for hydroxylation is 1. The molecule has 1 aliphatic heterocycles. The molecule has 3 aromatic carbocycles. The third-order valence-corrected chi connectivity index (χ3v) is 6.88. The summed E-state index contributed by atoms with van der Waals surface area (Å²) in [5.74, 6) is 0.778. The van der Waals surface area contributed by atoms with Crippen LogP contribution in [0.2, 0.25) is 0 Å². The molecular formula is C30H28F3N5O. The van der Waals surface area contributed by atoms with Crippen molar-refractivity contribution in [1.29, 1.82) is 0 Å². The van der Waals surface area contributed by atoms with Crippen molar-refractivity contribution in [3.05, 3.63) is 102 Å². The van der Waals surface area contributed by atoms with Gasteiger partial charge in [-0.3, -0.25) is 4.79 Å². The third kappa shape index (κ3) is 5.72. The maximum Gasteiger partial charge on any atom is 0.416 e. The Kier molecular flexibility index (Phi) is 7.24. The van der Waals surface area contributed by atoms with Crippen LogP contribution < -0.4 is 9.80 Å². The quantitative estimate of drug-likeness (QED) is 0.307. The molecule has 1 fully saturated rings. The Labute approximate surface area is 225 Å². The lowest BCUT2D eigenvalue weighted by molar-refractivity contribution is -0.137. The SMILES string of the molecule is Cc1ccc(N(C)c2nc(-c3ccccc3)ncc2C(=O)N2CCN(c3cccc(C(F)(F)F)c3)CC2)cc1. The van der Waals surface area contributed by atoms with E-state index in [-0.39, 0.29) is 5.91 Å². The predicted molar refractivity (Wildman–Crippen MR) is 146 cm³/mol. The largest absolute Gasteiger partial charge is 0.416 e. The Bertz CT molecular complexity index is 1450. The summed E-state index contributed by atoms with van der Waals surface area (Å²) in [6, 6.07) is 22.8. The number of amides is 1. The molecule has 1 amide bonds. The van der Waals surface area contributed by atoms with Crippen LogP contribution in [-0.4, -0.2) is 54.0 Å². The molecule has 0 unspecified atom stereocenters. The number of benzene rings is 3. The third-order valence-electron chi connectivity index (χ3n) is 6.88. The molecule has 0 atom stereocenters. The molecule has 0 spiro atoms. The molecule has 200 valence electrons. The highest BCUT2D eigenvalue weighted by Gasteiger charge is 2.32. The van der Waals surface area contributed by atoms with Crippen LogP contribution in [0.25, 0.3) is 11.4 Å². The van der Waals surface area contributed by atoms with Crippen LogP contribution in [0, 0.1) is 6.92 Å². The highest BCUT2D eigenvalue weighted by atomic mass is 19.4. The topological polar surface area (TPSA) is 52.6 Å². The average molecular weight is 532 g/mol. The first kappa shape index (κ1) is 26.2. The number of alkyl halides is 3. The molecule has 0 bridgehead atoms. The molecular weight excluding hydrogens is 503 g/mol. The van der Waals surface area contributed by atoms with E-state index < -0.39 is 11.7 Å². The molecule has 1 aliphatic rings. The van der Waals surface area contributed by atoms with E-state index in [0.717, 1.165) is 28.9 Å². The lowest BCUT2D eigenvalue weighted by Crippen LogP contribution is -2.49. The highest BCUT2D eigenvalue weighted by molar-refractivity contribution is 5.99. The first-order valence-electron chi connectivity index (χ1n) is 12.6. The van der Waals surface area contributed by atoms with Gasteiger partial charge >= 0.3 is 6.18 Å². The van der Waals surface area contributed by atoms with E-state index in [0.29, 0.717) is 49.1 Å². The Balaban J connectivity index is 1.40. The van der Waals surface area contributed by atoms with E-state index in [4.69, 9.17) is 4.98 Å². The summed E-state index contributed by atoms with van der Waals surface area (Å²) in [5.41, 5.74) is 3.01. The van der Waals surface area contributed by atoms with Crippen molar-refractivity contribution < 1.29 is 18.0 Å². The van der Waals surface area contributed by atoms with Crippen molar-refractivity contribution in [2.24, 2.45) is 0 Å². The van der Waals surface area contributed by atoms with Gasteiger partial charge < -0.3 is 14.7 Å². The van der Waals surface area contributed by atoms with Crippen molar-refractivity contribution in [3.8, 4) is 11.4 Å². The summed E-state index contributed by atoms with van der Waals surface area (Å²) in [6.07, 6.45) is -2.84. The van der Waals surface area contributed by atoms with Crippen molar-refractivity contribution in [2.75, 3.05) is 43.0 Å². The number of nitrogens with zero attached hydrogens (tertiary/aromatic N) is 5. The Hall–Kier alpha value is -4.40. The molecule has 5 rings (SSSR count). The van der Waals surface area contributed by atoms with E-state index in [2.05, 4.69) is 4.98 Å². The number of hydrogen-bond acceptors (Lipinski definition) is 5. The van der Waals surface area contributed by atoms with Crippen molar-refractivity contribution >= 4 is 23.1 Å². The van der Waals surface area contributed by atoms with Crippen LogP contribution in [0.15, 0.2) is 85.1 Å². The number of hydrogen-bond donors (Lipinski definition) is 0. The van der Waals surface area contributed by atoms with Crippen molar-refractivity contribution in [1.82, 2.24) is 14.9 Å². The van der Waals surface area contributed by atoms with Gasteiger partial charge in [0, 0.05) is 56.4 Å². The monoisotopic (exact) mass is 531 g/mol. The molecule has 1 saturated heterocycles. The van der Waals surface area contributed by atoms with Crippen LogP contribution in [0.5, 0.6) is 0 Å². The number of piperazine rings is 1. The van der Waals surface area contributed by atoms with Gasteiger partial charge in [-0.1, -0.05) is 54.1 Å². The number of halogens is 3. The molecule has 2 heterocycles. The molecule has 0 N–H and O–H groups in total. The molecule has 0 aliphatic carbocycles. The molecule has 0 radical (unpaired) electrons. The van der Waals surface area contributed by atoms with Gasteiger partial charge in [0.25, 0.3) is 5.91 Å². The zero-order valence-electron chi connectivity index (χ0n) is 21.7. The molecule has 4 aromatic rings. The second kappa shape index (κ2) is 10.8. The highest BCUT2D eigenvalue weighted by Crippen LogP contribution is 2.32.